The Kier molecular flexibility index (Phi) is 10.7. The lowest BCUT2D eigenvalue weighted by Crippen LogP contribution is -2.30. The van der Waals surface area contributed by atoms with Crippen LogP contribution in [0, 0.1) is 12.7 Å². The van der Waals surface area contributed by atoms with Crippen LogP contribution in [0.4, 0.5) is 15.8 Å². The highest BCUT2D eigenvalue weighted by Crippen LogP contribution is 2.35. The Labute approximate surface area is 298 Å². The average molecular weight is 715 g/mol. The van der Waals surface area contributed by atoms with Crippen LogP contribution in [0.2, 0.25) is 5.02 Å². The highest BCUT2D eigenvalue weighted by molar-refractivity contribution is 6.34. The Morgan fingerprint density at radius 2 is 1.73 bits per heavy atom. The smallest absolute Gasteiger partial charge is 0.356 e. The summed E-state index contributed by atoms with van der Waals surface area (Å²) >= 11 is 6.19. The van der Waals surface area contributed by atoms with E-state index in [1.165, 1.54) is 36.0 Å². The Bertz CT molecular complexity index is 2140. The number of fused-ring (bicyclic) bond motifs is 2. The van der Waals surface area contributed by atoms with E-state index in [0.717, 1.165) is 16.7 Å². The second-order valence-electron chi connectivity index (χ2n) is 12.7. The highest BCUT2D eigenvalue weighted by Gasteiger charge is 2.31. The van der Waals surface area contributed by atoms with Crippen LogP contribution in [-0.4, -0.2) is 51.1 Å². The summed E-state index contributed by atoms with van der Waals surface area (Å²) in [7, 11) is 1.19. The number of nitrogen functional groups attached to an aromatic ring is 1. The molecule has 51 heavy (non-hydrogen) atoms. The van der Waals surface area contributed by atoms with E-state index in [-0.39, 0.29) is 34.5 Å². The van der Waals surface area contributed by atoms with Crippen LogP contribution in [0.1, 0.15) is 91.6 Å². The van der Waals surface area contributed by atoms with Gasteiger partial charge in [-0.25, -0.2) is 23.5 Å². The Balaban J connectivity index is 0.000000556. The van der Waals surface area contributed by atoms with Crippen LogP contribution >= 0.6 is 11.6 Å². The summed E-state index contributed by atoms with van der Waals surface area (Å²) in [4.78, 5) is 56.3. The second-order valence-corrected chi connectivity index (χ2v) is 13.1. The SMILES string of the molecule is COC(=O)c1cc(C(=O)N[C@H]2CCc3c2ccc(C(=O)OC(C)(C)C)c3C)n2ncc(C(=O)Nc3ccccc3Cl)c2n1.Nc1cccc(F)c1. The molecule has 2 amide bonds. The number of nitrogens with two attached hydrogens (primary N) is 1. The normalized spacial score (nSPS) is 13.4. The molecule has 5 aromatic rings. The van der Waals surface area contributed by atoms with Gasteiger partial charge in [0.05, 0.1) is 35.6 Å². The van der Waals surface area contributed by atoms with Gasteiger partial charge in [0.25, 0.3) is 11.8 Å². The van der Waals surface area contributed by atoms with Crippen molar-refractivity contribution in [1.82, 2.24) is 19.9 Å². The number of anilines is 2. The molecule has 0 radical (unpaired) electrons. The zero-order chi connectivity index (χ0) is 37.0. The molecule has 0 unspecified atom stereocenters. The highest BCUT2D eigenvalue weighted by atomic mass is 35.5. The first-order valence-corrected chi connectivity index (χ1v) is 16.2. The maximum Gasteiger partial charge on any atom is 0.356 e. The third-order valence-electron chi connectivity index (χ3n) is 7.93. The van der Waals surface area contributed by atoms with E-state index in [4.69, 9.17) is 26.8 Å². The van der Waals surface area contributed by atoms with E-state index in [9.17, 15) is 23.6 Å². The summed E-state index contributed by atoms with van der Waals surface area (Å²) in [6.07, 6.45) is 2.51. The summed E-state index contributed by atoms with van der Waals surface area (Å²) in [5, 5.41) is 10.3. The molecule has 2 heterocycles. The Morgan fingerprint density at radius 3 is 2.37 bits per heavy atom. The number of hydrogen-bond donors (Lipinski definition) is 3. The first kappa shape index (κ1) is 36.5. The standard InChI is InChI=1S/C31H30ClN5O6.C6H6FN/c1-16-17-12-13-22(19(17)11-10-18(16)29(40)43-31(2,3)4)35-28(39)25-14-24(30(41)42-5)34-26-20(15-33-37(25)26)27(38)36-23-9-7-6-8-21(23)32;7-5-2-1-3-6(8)4-5/h6-11,14-15,22H,12-13H2,1-5H3,(H,35,39)(H,36,38);1-4H,8H2/t22-;/m0./s1. The van der Waals surface area contributed by atoms with Gasteiger partial charge in [-0.2, -0.15) is 5.10 Å². The molecule has 14 heteroatoms. The van der Waals surface area contributed by atoms with Crippen LogP contribution in [0.3, 0.4) is 0 Å². The second kappa shape index (κ2) is 15.0. The van der Waals surface area contributed by atoms with Gasteiger partial charge in [0.1, 0.15) is 22.7 Å². The van der Waals surface area contributed by atoms with Crippen molar-refractivity contribution in [3.8, 4) is 0 Å². The van der Waals surface area contributed by atoms with E-state index < -0.39 is 29.4 Å². The number of benzene rings is 3. The summed E-state index contributed by atoms with van der Waals surface area (Å²) in [5.41, 5.74) is 8.41. The molecule has 0 saturated carbocycles. The lowest BCUT2D eigenvalue weighted by atomic mass is 9.97. The van der Waals surface area contributed by atoms with Gasteiger partial charge in [0, 0.05) is 11.8 Å². The topological polar surface area (TPSA) is 167 Å². The third-order valence-corrected chi connectivity index (χ3v) is 8.26. The largest absolute Gasteiger partial charge is 0.464 e. The number of nitrogens with one attached hydrogen (secondary N) is 2. The van der Waals surface area contributed by atoms with Gasteiger partial charge < -0.3 is 25.8 Å². The predicted molar refractivity (Wildman–Crippen MR) is 189 cm³/mol. The number of rotatable bonds is 6. The zero-order valence-electron chi connectivity index (χ0n) is 28.5. The van der Waals surface area contributed by atoms with Crippen molar-refractivity contribution in [3.63, 3.8) is 0 Å². The molecule has 4 N–H and O–H groups in total. The van der Waals surface area contributed by atoms with Crippen molar-refractivity contribution in [2.75, 3.05) is 18.2 Å². The molecule has 12 nitrogen and oxygen atoms in total. The van der Waals surface area contributed by atoms with Crippen molar-refractivity contribution < 1.29 is 33.0 Å². The molecule has 0 saturated heterocycles. The minimum Gasteiger partial charge on any atom is -0.464 e. The summed E-state index contributed by atoms with van der Waals surface area (Å²) in [6, 6.07) is 17.0. The van der Waals surface area contributed by atoms with Gasteiger partial charge >= 0.3 is 11.9 Å². The number of methoxy groups -OCH3 is 1. The molecule has 1 atom stereocenters. The number of aromatic nitrogens is 3. The number of esters is 2. The van der Waals surface area contributed by atoms with E-state index in [2.05, 4.69) is 20.7 Å². The van der Waals surface area contributed by atoms with Gasteiger partial charge in [-0.05, 0) is 93.6 Å². The fraction of sp³-hybridized carbons (Fsp3) is 0.243. The number of ether oxygens (including phenoxy) is 2. The van der Waals surface area contributed by atoms with Gasteiger partial charge in [-0.3, -0.25) is 9.59 Å². The predicted octanol–water partition coefficient (Wildman–Crippen LogP) is 6.51. The zero-order valence-corrected chi connectivity index (χ0v) is 29.3. The molecule has 2 aromatic heterocycles. The first-order chi connectivity index (χ1) is 24.2. The Morgan fingerprint density at radius 1 is 0.980 bits per heavy atom. The fourth-order valence-electron chi connectivity index (χ4n) is 5.57. The Hall–Kier alpha value is -5.82. The monoisotopic (exact) mass is 714 g/mol. The maximum absolute atomic E-state index is 13.7. The number of carbonyl (C=O) groups is 4. The number of hydrogen-bond acceptors (Lipinski definition) is 9. The van der Waals surface area contributed by atoms with Crippen molar-refractivity contribution in [1.29, 1.82) is 0 Å². The van der Waals surface area contributed by atoms with E-state index >= 15 is 0 Å². The molecule has 3 aromatic carbocycles. The summed E-state index contributed by atoms with van der Waals surface area (Å²) in [6.45, 7) is 7.31. The van der Waals surface area contributed by atoms with Gasteiger partial charge in [0.15, 0.2) is 11.3 Å². The van der Waals surface area contributed by atoms with Gasteiger partial charge in [-0.15, -0.1) is 0 Å². The molecule has 6 rings (SSSR count). The number of nitrogens with zero attached hydrogens (tertiary/aromatic N) is 3. The van der Waals surface area contributed by atoms with Crippen LogP contribution in [-0.2, 0) is 15.9 Å². The van der Waals surface area contributed by atoms with Crippen LogP contribution in [0.5, 0.6) is 0 Å². The number of halogens is 2. The van der Waals surface area contributed by atoms with Crippen LogP contribution in [0.15, 0.2) is 72.9 Å². The molecule has 1 aliphatic rings. The van der Waals surface area contributed by atoms with Gasteiger partial charge in [0.2, 0.25) is 0 Å². The number of para-hydroxylation sites is 1. The molecule has 0 fully saturated rings. The van der Waals surface area contributed by atoms with Crippen LogP contribution in [0.25, 0.3) is 5.65 Å². The quantitative estimate of drug-likeness (QED) is 0.131. The number of amides is 2. The molecule has 0 bridgehead atoms. The molecular formula is C37H36ClFN6O6. The van der Waals surface area contributed by atoms with E-state index in [1.54, 1.807) is 42.5 Å². The minimum atomic E-state index is -0.785. The molecule has 264 valence electrons. The lowest BCUT2D eigenvalue weighted by molar-refractivity contribution is 0.00681. The average Bonchev–Trinajstić information content (AvgIpc) is 3.69. The molecule has 1 aliphatic carbocycles. The number of carbonyl (C=O) groups excluding carboxylic acids is 4. The summed E-state index contributed by atoms with van der Waals surface area (Å²) in [5.74, 6) is -2.59. The maximum atomic E-state index is 13.7. The fourth-order valence-corrected chi connectivity index (χ4v) is 5.75. The molecular weight excluding hydrogens is 679 g/mol. The van der Waals surface area contributed by atoms with Crippen LogP contribution < -0.4 is 16.4 Å². The molecule has 0 aliphatic heterocycles. The first-order valence-electron chi connectivity index (χ1n) is 15.9. The van der Waals surface area contributed by atoms with E-state index in [1.807, 2.05) is 33.8 Å². The minimum absolute atomic E-state index is 0.0118. The van der Waals surface area contributed by atoms with Crippen molar-refractivity contribution in [3.05, 3.63) is 123 Å². The van der Waals surface area contributed by atoms with Crippen molar-refractivity contribution in [2.45, 2.75) is 52.2 Å². The van der Waals surface area contributed by atoms with Crippen molar-refractivity contribution >= 4 is 52.4 Å². The lowest BCUT2D eigenvalue weighted by Gasteiger charge is -2.21. The summed E-state index contributed by atoms with van der Waals surface area (Å²) < 4.78 is 23.7. The van der Waals surface area contributed by atoms with Crippen molar-refractivity contribution in [2.24, 2.45) is 0 Å². The van der Waals surface area contributed by atoms with E-state index in [0.29, 0.717) is 34.8 Å². The van der Waals surface area contributed by atoms with Gasteiger partial charge in [-0.1, -0.05) is 35.9 Å². The third kappa shape index (κ3) is 8.32. The molecule has 0 spiro atoms.